The van der Waals surface area contributed by atoms with E-state index in [1.54, 1.807) is 0 Å². The summed E-state index contributed by atoms with van der Waals surface area (Å²) in [6, 6.07) is 16.2. The molecule has 1 N–H and O–H groups in total. The Kier molecular flexibility index (Phi) is 7.04. The fourth-order valence-corrected chi connectivity index (χ4v) is 2.71. The molecular formula is C21H29N3O2. The molecule has 26 heavy (non-hydrogen) atoms. The summed E-state index contributed by atoms with van der Waals surface area (Å²) in [6.07, 6.45) is 0. The normalized spacial score (nSPS) is 11.9. The Balaban J connectivity index is 1.90. The van der Waals surface area contributed by atoms with Crippen LogP contribution in [-0.4, -0.2) is 52.1 Å². The molecule has 0 bridgehead atoms. The predicted octanol–water partition coefficient (Wildman–Crippen LogP) is 2.86. The van der Waals surface area contributed by atoms with Crippen molar-refractivity contribution in [2.24, 2.45) is 0 Å². The molecule has 0 aromatic heterocycles. The maximum Gasteiger partial charge on any atom is 0.258 e. The number of hydrogen-bond donors (Lipinski definition) is 1. The van der Waals surface area contributed by atoms with Gasteiger partial charge in [0.2, 0.25) is 0 Å². The quantitative estimate of drug-likeness (QED) is 0.791. The summed E-state index contributed by atoms with van der Waals surface area (Å²) in [5, 5.41) is 2.97. The molecule has 0 aliphatic carbocycles. The SMILES string of the molecule is Cc1cccc(OCC(=O)NC[C@H](c2ccc(N(C)C)cc2)N(C)C)c1. The molecule has 0 spiro atoms. The number of benzene rings is 2. The average molecular weight is 355 g/mol. The molecule has 1 amide bonds. The number of rotatable bonds is 8. The first-order chi connectivity index (χ1) is 12.4. The zero-order valence-corrected chi connectivity index (χ0v) is 16.3. The molecule has 0 unspecified atom stereocenters. The van der Waals surface area contributed by atoms with Crippen LogP contribution in [0.2, 0.25) is 0 Å². The highest BCUT2D eigenvalue weighted by molar-refractivity contribution is 5.77. The maximum atomic E-state index is 12.1. The van der Waals surface area contributed by atoms with Crippen molar-refractivity contribution < 1.29 is 9.53 Å². The Morgan fingerprint density at radius 1 is 1.08 bits per heavy atom. The summed E-state index contributed by atoms with van der Waals surface area (Å²) in [7, 11) is 8.07. The smallest absolute Gasteiger partial charge is 0.258 e. The lowest BCUT2D eigenvalue weighted by atomic mass is 10.1. The second-order valence-corrected chi connectivity index (χ2v) is 6.87. The van der Waals surface area contributed by atoms with Crippen molar-refractivity contribution in [3.05, 3.63) is 59.7 Å². The van der Waals surface area contributed by atoms with Crippen molar-refractivity contribution in [2.75, 3.05) is 46.2 Å². The lowest BCUT2D eigenvalue weighted by Crippen LogP contribution is -2.36. The maximum absolute atomic E-state index is 12.1. The van der Waals surface area contributed by atoms with E-state index in [9.17, 15) is 4.79 Å². The zero-order valence-electron chi connectivity index (χ0n) is 16.3. The monoisotopic (exact) mass is 355 g/mol. The van der Waals surface area contributed by atoms with Gasteiger partial charge in [0, 0.05) is 26.3 Å². The van der Waals surface area contributed by atoms with Gasteiger partial charge in [-0.05, 0) is 56.4 Å². The molecule has 2 aromatic rings. The second kappa shape index (κ2) is 9.25. The van der Waals surface area contributed by atoms with Crippen molar-refractivity contribution in [2.45, 2.75) is 13.0 Å². The van der Waals surface area contributed by atoms with Gasteiger partial charge in [-0.1, -0.05) is 24.3 Å². The Bertz CT molecular complexity index is 711. The molecule has 0 fully saturated rings. The van der Waals surface area contributed by atoms with E-state index in [1.807, 2.05) is 59.4 Å². The number of likely N-dealkylation sites (N-methyl/N-ethyl adjacent to an activating group) is 1. The third-order valence-electron chi connectivity index (χ3n) is 4.27. The summed E-state index contributed by atoms with van der Waals surface area (Å²) in [5.74, 6) is 0.590. The Hall–Kier alpha value is -2.53. The lowest BCUT2D eigenvalue weighted by Gasteiger charge is -2.25. The minimum Gasteiger partial charge on any atom is -0.484 e. The molecule has 0 saturated heterocycles. The minimum absolute atomic E-state index is 0.0170. The van der Waals surface area contributed by atoms with Gasteiger partial charge < -0.3 is 19.9 Å². The van der Waals surface area contributed by atoms with E-state index in [0.29, 0.717) is 12.3 Å². The Labute approximate surface area is 156 Å². The van der Waals surface area contributed by atoms with Crippen LogP contribution in [0.5, 0.6) is 5.75 Å². The Morgan fingerprint density at radius 2 is 1.77 bits per heavy atom. The first-order valence-electron chi connectivity index (χ1n) is 8.76. The molecule has 2 aromatic carbocycles. The molecule has 0 heterocycles. The molecule has 2 rings (SSSR count). The van der Waals surface area contributed by atoms with Crippen LogP contribution in [0.15, 0.2) is 48.5 Å². The zero-order chi connectivity index (χ0) is 19.1. The van der Waals surface area contributed by atoms with Crippen LogP contribution in [0.1, 0.15) is 17.2 Å². The van der Waals surface area contributed by atoms with Gasteiger partial charge in [-0.25, -0.2) is 0 Å². The van der Waals surface area contributed by atoms with Crippen LogP contribution in [0.25, 0.3) is 0 Å². The number of carbonyl (C=O) groups excluding carboxylic acids is 1. The highest BCUT2D eigenvalue weighted by Gasteiger charge is 2.15. The second-order valence-electron chi connectivity index (χ2n) is 6.87. The number of nitrogens with zero attached hydrogens (tertiary/aromatic N) is 2. The number of anilines is 1. The van der Waals surface area contributed by atoms with Gasteiger partial charge in [-0.15, -0.1) is 0 Å². The van der Waals surface area contributed by atoms with Crippen LogP contribution in [0.3, 0.4) is 0 Å². The largest absolute Gasteiger partial charge is 0.484 e. The molecule has 0 radical (unpaired) electrons. The van der Waals surface area contributed by atoms with Crippen LogP contribution in [0, 0.1) is 6.92 Å². The standard InChI is InChI=1S/C21H29N3O2/c1-16-7-6-8-19(13-16)26-15-21(25)22-14-20(24(4)5)17-9-11-18(12-10-17)23(2)3/h6-13,20H,14-15H2,1-5H3,(H,22,25)/t20-/m1/s1. The minimum atomic E-state index is -0.122. The number of ether oxygens (including phenoxy) is 1. The van der Waals surface area contributed by atoms with Gasteiger partial charge in [0.1, 0.15) is 5.75 Å². The summed E-state index contributed by atoms with van der Waals surface area (Å²) in [4.78, 5) is 16.3. The predicted molar refractivity (Wildman–Crippen MR) is 107 cm³/mol. The molecular weight excluding hydrogens is 326 g/mol. The van der Waals surface area contributed by atoms with Crippen molar-refractivity contribution in [1.82, 2.24) is 10.2 Å². The van der Waals surface area contributed by atoms with Crippen molar-refractivity contribution >= 4 is 11.6 Å². The topological polar surface area (TPSA) is 44.8 Å². The lowest BCUT2D eigenvalue weighted by molar-refractivity contribution is -0.123. The van der Waals surface area contributed by atoms with Gasteiger partial charge in [-0.3, -0.25) is 4.79 Å². The van der Waals surface area contributed by atoms with E-state index >= 15 is 0 Å². The summed E-state index contributed by atoms with van der Waals surface area (Å²) in [6.45, 7) is 2.55. The van der Waals surface area contributed by atoms with E-state index in [2.05, 4.69) is 39.4 Å². The van der Waals surface area contributed by atoms with Crippen molar-refractivity contribution in [3.8, 4) is 5.75 Å². The number of nitrogens with one attached hydrogen (secondary N) is 1. The highest BCUT2D eigenvalue weighted by Crippen LogP contribution is 2.21. The van der Waals surface area contributed by atoms with E-state index in [-0.39, 0.29) is 18.6 Å². The number of carbonyl (C=O) groups is 1. The summed E-state index contributed by atoms with van der Waals surface area (Å²) in [5.41, 5.74) is 3.43. The molecule has 1 atom stereocenters. The number of hydrogen-bond acceptors (Lipinski definition) is 4. The molecule has 140 valence electrons. The summed E-state index contributed by atoms with van der Waals surface area (Å²) < 4.78 is 5.56. The highest BCUT2D eigenvalue weighted by atomic mass is 16.5. The number of amides is 1. The van der Waals surface area contributed by atoms with Gasteiger partial charge in [0.25, 0.3) is 5.91 Å². The van der Waals surface area contributed by atoms with Crippen LogP contribution >= 0.6 is 0 Å². The van der Waals surface area contributed by atoms with E-state index in [1.165, 1.54) is 5.56 Å². The van der Waals surface area contributed by atoms with E-state index < -0.39 is 0 Å². The fourth-order valence-electron chi connectivity index (χ4n) is 2.71. The van der Waals surface area contributed by atoms with Gasteiger partial charge in [0.05, 0.1) is 6.04 Å². The average Bonchev–Trinajstić information content (AvgIpc) is 2.60. The summed E-state index contributed by atoms with van der Waals surface area (Å²) >= 11 is 0. The van der Waals surface area contributed by atoms with Gasteiger partial charge >= 0.3 is 0 Å². The van der Waals surface area contributed by atoms with Crippen LogP contribution in [0.4, 0.5) is 5.69 Å². The molecule has 0 saturated carbocycles. The van der Waals surface area contributed by atoms with E-state index in [0.717, 1.165) is 11.3 Å². The molecule has 0 aliphatic heterocycles. The van der Waals surface area contributed by atoms with Crippen LogP contribution in [-0.2, 0) is 4.79 Å². The third kappa shape index (κ3) is 5.77. The first kappa shape index (κ1) is 19.8. The number of aryl methyl sites for hydroxylation is 1. The molecule has 5 nitrogen and oxygen atoms in total. The van der Waals surface area contributed by atoms with Gasteiger partial charge in [0.15, 0.2) is 6.61 Å². The molecule has 5 heteroatoms. The molecule has 0 aliphatic rings. The van der Waals surface area contributed by atoms with Crippen molar-refractivity contribution in [3.63, 3.8) is 0 Å². The third-order valence-corrected chi connectivity index (χ3v) is 4.27. The van der Waals surface area contributed by atoms with Crippen molar-refractivity contribution in [1.29, 1.82) is 0 Å². The fraction of sp³-hybridized carbons (Fsp3) is 0.381. The van der Waals surface area contributed by atoms with Gasteiger partial charge in [-0.2, -0.15) is 0 Å². The first-order valence-corrected chi connectivity index (χ1v) is 8.76. The van der Waals surface area contributed by atoms with E-state index in [4.69, 9.17) is 4.74 Å². The Morgan fingerprint density at radius 3 is 2.35 bits per heavy atom. The van der Waals surface area contributed by atoms with Crippen LogP contribution < -0.4 is 15.0 Å².